The topological polar surface area (TPSA) is 69.7 Å². The Morgan fingerprint density at radius 1 is 1.21 bits per heavy atom. The van der Waals surface area contributed by atoms with Crippen LogP contribution in [0.2, 0.25) is 5.02 Å². The minimum atomic E-state index is -0.314. The molecule has 2 aromatic rings. The van der Waals surface area contributed by atoms with Crippen molar-refractivity contribution in [2.75, 3.05) is 30.4 Å². The van der Waals surface area contributed by atoms with E-state index in [1.165, 1.54) is 4.90 Å². The van der Waals surface area contributed by atoms with Crippen molar-refractivity contribution in [3.63, 3.8) is 0 Å². The van der Waals surface area contributed by atoms with Crippen LogP contribution in [-0.4, -0.2) is 42.8 Å². The summed E-state index contributed by atoms with van der Waals surface area (Å²) in [5.74, 6) is -0.595. The molecule has 0 aliphatic carbocycles. The monoisotopic (exact) mass is 413 g/mol. The number of benzene rings is 2. The number of likely N-dealkylation sites (N-methyl/N-ethyl adjacent to an activating group) is 1. The number of carbonyl (C=O) groups excluding carboxylic acids is 3. The predicted octanol–water partition coefficient (Wildman–Crippen LogP) is 3.79. The lowest BCUT2D eigenvalue weighted by molar-refractivity contribution is -0.117. The first kappa shape index (κ1) is 20.9. The Morgan fingerprint density at radius 3 is 2.66 bits per heavy atom. The van der Waals surface area contributed by atoms with E-state index in [2.05, 4.69) is 5.32 Å². The van der Waals surface area contributed by atoms with Crippen molar-refractivity contribution in [1.82, 2.24) is 4.90 Å². The van der Waals surface area contributed by atoms with E-state index in [1.54, 1.807) is 30.1 Å². The first-order valence-electron chi connectivity index (χ1n) is 9.49. The van der Waals surface area contributed by atoms with Crippen LogP contribution in [0.3, 0.4) is 0 Å². The van der Waals surface area contributed by atoms with Gasteiger partial charge in [0.2, 0.25) is 11.8 Å². The fourth-order valence-corrected chi connectivity index (χ4v) is 3.56. The number of amides is 3. The van der Waals surface area contributed by atoms with Gasteiger partial charge >= 0.3 is 0 Å². The fraction of sp³-hybridized carbons (Fsp3) is 0.318. The molecule has 0 atom stereocenters. The maximum Gasteiger partial charge on any atom is 0.254 e. The van der Waals surface area contributed by atoms with Gasteiger partial charge in [0.05, 0.1) is 17.3 Å². The molecule has 0 spiro atoms. The Labute approximate surface area is 175 Å². The molecule has 0 bridgehead atoms. The van der Waals surface area contributed by atoms with Crippen molar-refractivity contribution in [2.45, 2.75) is 26.7 Å². The lowest BCUT2D eigenvalue weighted by Gasteiger charge is -2.21. The minimum absolute atomic E-state index is 0.00208. The normalized spacial score (nSPS) is 13.5. The molecule has 0 radical (unpaired) electrons. The quantitative estimate of drug-likeness (QED) is 0.810. The van der Waals surface area contributed by atoms with Gasteiger partial charge in [-0.1, -0.05) is 23.7 Å². The number of halogens is 1. The lowest BCUT2D eigenvalue weighted by Crippen LogP contribution is -2.35. The number of nitrogens with one attached hydrogen (secondary N) is 1. The Morgan fingerprint density at radius 2 is 1.97 bits per heavy atom. The van der Waals surface area contributed by atoms with Crippen molar-refractivity contribution >= 4 is 40.7 Å². The lowest BCUT2D eigenvalue weighted by atomic mass is 10.1. The highest BCUT2D eigenvalue weighted by Gasteiger charge is 2.25. The molecule has 7 heteroatoms. The SMILES string of the molecule is Cc1cccc(NC(=O)CN(C)C(=O)c2ccc(Cl)c(N3CCCC3=O)c2)c1C. The van der Waals surface area contributed by atoms with Crippen molar-refractivity contribution in [3.05, 3.63) is 58.1 Å². The molecule has 1 saturated heterocycles. The van der Waals surface area contributed by atoms with E-state index in [0.29, 0.717) is 29.2 Å². The molecule has 6 nitrogen and oxygen atoms in total. The number of carbonyl (C=O) groups is 3. The zero-order valence-electron chi connectivity index (χ0n) is 16.8. The average molecular weight is 414 g/mol. The molecular weight excluding hydrogens is 390 g/mol. The zero-order valence-corrected chi connectivity index (χ0v) is 17.5. The second-order valence-electron chi connectivity index (χ2n) is 7.27. The van der Waals surface area contributed by atoms with Crippen LogP contribution in [0.15, 0.2) is 36.4 Å². The van der Waals surface area contributed by atoms with E-state index in [0.717, 1.165) is 23.2 Å². The van der Waals surface area contributed by atoms with Crippen LogP contribution in [0.5, 0.6) is 0 Å². The van der Waals surface area contributed by atoms with Crippen molar-refractivity contribution in [2.24, 2.45) is 0 Å². The summed E-state index contributed by atoms with van der Waals surface area (Å²) in [5, 5.41) is 3.28. The van der Waals surface area contributed by atoms with Crippen LogP contribution in [0.25, 0.3) is 0 Å². The molecule has 1 heterocycles. The highest BCUT2D eigenvalue weighted by Crippen LogP contribution is 2.30. The van der Waals surface area contributed by atoms with Crippen molar-refractivity contribution in [3.8, 4) is 0 Å². The van der Waals surface area contributed by atoms with E-state index in [9.17, 15) is 14.4 Å². The van der Waals surface area contributed by atoms with Gasteiger partial charge in [-0.3, -0.25) is 14.4 Å². The number of hydrogen-bond donors (Lipinski definition) is 1. The summed E-state index contributed by atoms with van der Waals surface area (Å²) in [5.41, 5.74) is 3.72. The van der Waals surface area contributed by atoms with Crippen LogP contribution < -0.4 is 10.2 Å². The van der Waals surface area contributed by atoms with E-state index in [-0.39, 0.29) is 24.3 Å². The van der Waals surface area contributed by atoms with E-state index in [1.807, 2.05) is 32.0 Å². The van der Waals surface area contributed by atoms with Crippen LogP contribution in [0.4, 0.5) is 11.4 Å². The van der Waals surface area contributed by atoms with Gasteiger partial charge in [-0.05, 0) is 55.7 Å². The first-order chi connectivity index (χ1) is 13.8. The molecule has 2 aromatic carbocycles. The van der Waals surface area contributed by atoms with Crippen LogP contribution in [-0.2, 0) is 9.59 Å². The molecule has 1 fully saturated rings. The van der Waals surface area contributed by atoms with E-state index < -0.39 is 0 Å². The largest absolute Gasteiger partial charge is 0.332 e. The Kier molecular flexibility index (Phi) is 6.23. The third kappa shape index (κ3) is 4.59. The van der Waals surface area contributed by atoms with Gasteiger partial charge in [-0.15, -0.1) is 0 Å². The van der Waals surface area contributed by atoms with Gasteiger partial charge < -0.3 is 15.1 Å². The van der Waals surface area contributed by atoms with Crippen LogP contribution in [0.1, 0.15) is 34.3 Å². The maximum absolute atomic E-state index is 12.8. The summed E-state index contributed by atoms with van der Waals surface area (Å²) in [6.45, 7) is 4.41. The summed E-state index contributed by atoms with van der Waals surface area (Å²) in [6, 6.07) is 10.5. The smallest absolute Gasteiger partial charge is 0.254 e. The number of nitrogens with zero attached hydrogens (tertiary/aromatic N) is 2. The average Bonchev–Trinajstić information content (AvgIpc) is 3.11. The van der Waals surface area contributed by atoms with Gasteiger partial charge in [0.1, 0.15) is 0 Å². The number of rotatable bonds is 5. The second-order valence-corrected chi connectivity index (χ2v) is 7.68. The van der Waals surface area contributed by atoms with Gasteiger partial charge in [0.25, 0.3) is 5.91 Å². The first-order valence-corrected chi connectivity index (χ1v) is 9.87. The molecule has 29 heavy (non-hydrogen) atoms. The summed E-state index contributed by atoms with van der Waals surface area (Å²) in [7, 11) is 1.57. The third-order valence-electron chi connectivity index (χ3n) is 5.16. The van der Waals surface area contributed by atoms with Crippen LogP contribution in [0, 0.1) is 13.8 Å². The molecule has 1 N–H and O–H groups in total. The fourth-order valence-electron chi connectivity index (χ4n) is 3.34. The highest BCUT2D eigenvalue weighted by molar-refractivity contribution is 6.34. The van der Waals surface area contributed by atoms with E-state index >= 15 is 0 Å². The molecule has 0 saturated carbocycles. The molecule has 0 aromatic heterocycles. The van der Waals surface area contributed by atoms with Crippen LogP contribution >= 0.6 is 11.6 Å². The third-order valence-corrected chi connectivity index (χ3v) is 5.48. The number of anilines is 2. The second kappa shape index (κ2) is 8.66. The summed E-state index contributed by atoms with van der Waals surface area (Å²) in [6.07, 6.45) is 1.25. The van der Waals surface area contributed by atoms with Crippen molar-refractivity contribution in [1.29, 1.82) is 0 Å². The highest BCUT2D eigenvalue weighted by atomic mass is 35.5. The molecule has 1 aliphatic heterocycles. The summed E-state index contributed by atoms with van der Waals surface area (Å²) >= 11 is 6.25. The van der Waals surface area contributed by atoms with E-state index in [4.69, 9.17) is 11.6 Å². The predicted molar refractivity (Wildman–Crippen MR) is 115 cm³/mol. The molecule has 3 rings (SSSR count). The molecule has 1 aliphatic rings. The van der Waals surface area contributed by atoms with Gasteiger partial charge in [0.15, 0.2) is 0 Å². The van der Waals surface area contributed by atoms with Gasteiger partial charge in [-0.2, -0.15) is 0 Å². The standard InChI is InChI=1S/C22H24ClN3O3/c1-14-6-4-7-18(15(14)2)24-20(27)13-25(3)22(29)16-9-10-17(23)19(12-16)26-11-5-8-21(26)28/h4,6-7,9-10,12H,5,8,11,13H2,1-3H3,(H,24,27). The molecule has 0 unspecified atom stereocenters. The number of aryl methyl sites for hydroxylation is 1. The Bertz CT molecular complexity index is 974. The number of hydrogen-bond acceptors (Lipinski definition) is 3. The molecule has 3 amide bonds. The molecular formula is C22H24ClN3O3. The van der Waals surface area contributed by atoms with Gasteiger partial charge in [-0.25, -0.2) is 0 Å². The van der Waals surface area contributed by atoms with Crippen molar-refractivity contribution < 1.29 is 14.4 Å². The Hall–Kier alpha value is -2.86. The summed E-state index contributed by atoms with van der Waals surface area (Å²) < 4.78 is 0. The molecule has 152 valence electrons. The van der Waals surface area contributed by atoms with Gasteiger partial charge in [0, 0.05) is 31.3 Å². The summed E-state index contributed by atoms with van der Waals surface area (Å²) in [4.78, 5) is 40.2. The minimum Gasteiger partial charge on any atom is -0.332 e. The zero-order chi connectivity index (χ0) is 21.1. The Balaban J connectivity index is 1.70. The maximum atomic E-state index is 12.8.